The van der Waals surface area contributed by atoms with E-state index in [0.29, 0.717) is 5.02 Å². The van der Waals surface area contributed by atoms with Gasteiger partial charge in [-0.25, -0.2) is 0 Å². The second kappa shape index (κ2) is 4.09. The lowest BCUT2D eigenvalue weighted by molar-refractivity contribution is 1.31. The smallest absolute Gasteiger partial charge is 0.0579 e. The Balaban J connectivity index is 0.000000640. The van der Waals surface area contributed by atoms with Gasteiger partial charge in [0.15, 0.2) is 0 Å². The maximum absolute atomic E-state index is 5.62. The monoisotopic (exact) mass is 227 g/mol. The van der Waals surface area contributed by atoms with Crippen molar-refractivity contribution < 1.29 is 0 Å². The van der Waals surface area contributed by atoms with E-state index in [2.05, 4.69) is 20.9 Å². The number of rotatable bonds is 0. The first-order valence-corrected chi connectivity index (χ1v) is 3.23. The van der Waals surface area contributed by atoms with Gasteiger partial charge in [0.2, 0.25) is 0 Å². The van der Waals surface area contributed by atoms with Crippen LogP contribution in [-0.2, 0) is 0 Å². The minimum atomic E-state index is 0. The molecule has 0 atom stereocenters. The van der Waals surface area contributed by atoms with Gasteiger partial charge >= 0.3 is 0 Å². The molecule has 0 bridgehead atoms. The Kier molecular flexibility index (Phi) is 4.19. The molecule has 0 aromatic carbocycles. The van der Waals surface area contributed by atoms with Gasteiger partial charge in [-0.1, -0.05) is 11.6 Å². The molecule has 50 valence electrons. The topological polar surface area (TPSA) is 12.9 Å². The molecule has 0 fully saturated rings. The van der Waals surface area contributed by atoms with Crippen molar-refractivity contribution in [1.82, 2.24) is 4.98 Å². The van der Waals surface area contributed by atoms with E-state index in [1.807, 2.05) is 0 Å². The zero-order valence-corrected chi connectivity index (χ0v) is 7.50. The van der Waals surface area contributed by atoms with E-state index in [9.17, 15) is 0 Å². The van der Waals surface area contributed by atoms with Crippen LogP contribution in [0.5, 0.6) is 0 Å². The van der Waals surface area contributed by atoms with E-state index in [0.717, 1.165) is 4.47 Å². The molecule has 0 saturated heterocycles. The summed E-state index contributed by atoms with van der Waals surface area (Å²) in [6.45, 7) is 0. The summed E-state index contributed by atoms with van der Waals surface area (Å²) in [5.41, 5.74) is 0. The van der Waals surface area contributed by atoms with Crippen LogP contribution in [-0.4, -0.2) is 4.98 Å². The van der Waals surface area contributed by atoms with Crippen molar-refractivity contribution >= 4 is 39.9 Å². The molecule has 1 nitrogen and oxygen atoms in total. The van der Waals surface area contributed by atoms with Crippen LogP contribution in [0.2, 0.25) is 5.02 Å². The van der Waals surface area contributed by atoms with Gasteiger partial charge in [0, 0.05) is 12.4 Å². The Bertz CT molecular complexity index is 171. The van der Waals surface area contributed by atoms with Crippen LogP contribution in [0.4, 0.5) is 0 Å². The van der Waals surface area contributed by atoms with Gasteiger partial charge in [-0.15, -0.1) is 12.4 Å². The molecule has 0 aliphatic carbocycles. The van der Waals surface area contributed by atoms with Gasteiger partial charge in [-0.2, -0.15) is 0 Å². The van der Waals surface area contributed by atoms with Crippen LogP contribution >= 0.6 is 39.9 Å². The van der Waals surface area contributed by atoms with Gasteiger partial charge < -0.3 is 0 Å². The maximum atomic E-state index is 5.62. The molecule has 4 heteroatoms. The summed E-state index contributed by atoms with van der Waals surface area (Å²) in [4.78, 5) is 3.81. The number of pyridine rings is 1. The van der Waals surface area contributed by atoms with E-state index >= 15 is 0 Å². The van der Waals surface area contributed by atoms with E-state index in [1.165, 1.54) is 0 Å². The molecule has 0 spiro atoms. The molecule has 1 rings (SSSR count). The average molecular weight is 229 g/mol. The van der Waals surface area contributed by atoms with E-state index in [1.54, 1.807) is 18.5 Å². The number of aromatic nitrogens is 1. The van der Waals surface area contributed by atoms with Crippen LogP contribution in [0.15, 0.2) is 22.9 Å². The summed E-state index contributed by atoms with van der Waals surface area (Å²) in [7, 11) is 0. The van der Waals surface area contributed by atoms with Crippen molar-refractivity contribution in [2.45, 2.75) is 0 Å². The average Bonchev–Trinajstić information content (AvgIpc) is 1.77. The Labute approximate surface area is 73.0 Å². The molecule has 0 unspecified atom stereocenters. The van der Waals surface area contributed by atoms with Gasteiger partial charge in [0.1, 0.15) is 0 Å². The molecular formula is C5H4BrCl2N. The molecular weight excluding hydrogens is 225 g/mol. The van der Waals surface area contributed by atoms with E-state index < -0.39 is 0 Å². The standard InChI is InChI=1S/C5H3BrClN.ClH/c6-4-3-8-2-1-5(4)7;/h1-3H;1H. The second-order valence-corrected chi connectivity index (χ2v) is 2.55. The lowest BCUT2D eigenvalue weighted by Gasteiger charge is -1.88. The third kappa shape index (κ3) is 2.52. The van der Waals surface area contributed by atoms with Crippen molar-refractivity contribution in [2.75, 3.05) is 0 Å². The first-order valence-electron chi connectivity index (χ1n) is 2.06. The van der Waals surface area contributed by atoms with Crippen LogP contribution in [0, 0.1) is 0 Å². The van der Waals surface area contributed by atoms with Crippen LogP contribution in [0.3, 0.4) is 0 Å². The number of nitrogens with zero attached hydrogens (tertiary/aromatic N) is 1. The summed E-state index contributed by atoms with van der Waals surface area (Å²) in [5, 5.41) is 0.694. The van der Waals surface area contributed by atoms with Gasteiger partial charge in [-0.05, 0) is 22.0 Å². The third-order valence-electron chi connectivity index (χ3n) is 0.723. The van der Waals surface area contributed by atoms with E-state index in [4.69, 9.17) is 11.6 Å². The zero-order valence-electron chi connectivity index (χ0n) is 4.34. The fourth-order valence-electron chi connectivity index (χ4n) is 0.358. The number of halogens is 3. The Morgan fingerprint density at radius 3 is 2.56 bits per heavy atom. The van der Waals surface area contributed by atoms with Crippen molar-refractivity contribution in [3.8, 4) is 0 Å². The summed E-state index contributed by atoms with van der Waals surface area (Å²) in [6, 6.07) is 1.73. The first-order chi connectivity index (χ1) is 3.80. The van der Waals surface area contributed by atoms with Crippen LogP contribution in [0.1, 0.15) is 0 Å². The highest BCUT2D eigenvalue weighted by Gasteiger charge is 1.89. The first kappa shape index (κ1) is 9.21. The fourth-order valence-corrected chi connectivity index (χ4v) is 0.714. The molecule has 0 N–H and O–H groups in total. The third-order valence-corrected chi connectivity index (χ3v) is 1.91. The van der Waals surface area contributed by atoms with Crippen molar-refractivity contribution in [3.63, 3.8) is 0 Å². The Hall–Kier alpha value is 0.210. The highest BCUT2D eigenvalue weighted by atomic mass is 79.9. The maximum Gasteiger partial charge on any atom is 0.0579 e. The van der Waals surface area contributed by atoms with Gasteiger partial charge in [0.25, 0.3) is 0 Å². The SMILES string of the molecule is Cl.Clc1ccncc1Br. The highest BCUT2D eigenvalue weighted by molar-refractivity contribution is 9.10. The molecule has 1 heterocycles. The quantitative estimate of drug-likeness (QED) is 0.666. The normalized spacial score (nSPS) is 8.22. The summed E-state index contributed by atoms with van der Waals surface area (Å²) < 4.78 is 0.835. The fraction of sp³-hybridized carbons (Fsp3) is 0. The molecule has 0 aliphatic heterocycles. The largest absolute Gasteiger partial charge is 0.263 e. The lowest BCUT2D eigenvalue weighted by Crippen LogP contribution is -1.69. The van der Waals surface area contributed by atoms with Crippen LogP contribution < -0.4 is 0 Å². The van der Waals surface area contributed by atoms with Crippen LogP contribution in [0.25, 0.3) is 0 Å². The molecule has 0 aliphatic rings. The summed E-state index contributed by atoms with van der Waals surface area (Å²) in [5.74, 6) is 0. The molecule has 9 heavy (non-hydrogen) atoms. The Morgan fingerprint density at radius 2 is 2.22 bits per heavy atom. The van der Waals surface area contributed by atoms with Gasteiger partial charge in [0.05, 0.1) is 9.50 Å². The summed E-state index contributed by atoms with van der Waals surface area (Å²) >= 11 is 8.82. The summed E-state index contributed by atoms with van der Waals surface area (Å²) in [6.07, 6.45) is 3.30. The molecule has 0 amide bonds. The highest BCUT2D eigenvalue weighted by Crippen LogP contribution is 2.18. The molecule has 0 radical (unpaired) electrons. The zero-order chi connectivity index (χ0) is 5.98. The van der Waals surface area contributed by atoms with Crippen molar-refractivity contribution in [2.24, 2.45) is 0 Å². The molecule has 1 aromatic rings. The molecule has 0 saturated carbocycles. The predicted molar refractivity (Wildman–Crippen MR) is 44.2 cm³/mol. The molecule has 1 aromatic heterocycles. The number of hydrogen-bond donors (Lipinski definition) is 0. The second-order valence-electron chi connectivity index (χ2n) is 1.29. The van der Waals surface area contributed by atoms with Crippen molar-refractivity contribution in [1.29, 1.82) is 0 Å². The van der Waals surface area contributed by atoms with Crippen molar-refractivity contribution in [3.05, 3.63) is 28.0 Å². The number of hydrogen-bond acceptors (Lipinski definition) is 1. The van der Waals surface area contributed by atoms with E-state index in [-0.39, 0.29) is 12.4 Å². The minimum absolute atomic E-state index is 0. The lowest BCUT2D eigenvalue weighted by atomic mass is 10.5. The minimum Gasteiger partial charge on any atom is -0.263 e. The van der Waals surface area contributed by atoms with Gasteiger partial charge in [-0.3, -0.25) is 4.98 Å². The predicted octanol–water partition coefficient (Wildman–Crippen LogP) is 2.92. The Morgan fingerprint density at radius 1 is 1.56 bits per heavy atom.